The number of hydrogen-bond donors (Lipinski definition) is 0. The Balaban J connectivity index is 2.08. The molecular weight excluding hydrogens is 446 g/mol. The quantitative estimate of drug-likeness (QED) is 0.528. The van der Waals surface area contributed by atoms with Crippen molar-refractivity contribution < 1.29 is 17.9 Å². The largest absolute Gasteiger partial charge is 0.496 e. The summed E-state index contributed by atoms with van der Waals surface area (Å²) < 4.78 is 29.8. The van der Waals surface area contributed by atoms with E-state index in [0.717, 1.165) is 6.26 Å². The Morgan fingerprint density at radius 3 is 2.53 bits per heavy atom. The first-order valence-electron chi connectivity index (χ1n) is 9.01. The summed E-state index contributed by atoms with van der Waals surface area (Å²) in [5.41, 5.74) is 0.961. The summed E-state index contributed by atoms with van der Waals surface area (Å²) in [7, 11) is 1.99. The van der Waals surface area contributed by atoms with Crippen molar-refractivity contribution in [1.29, 1.82) is 0 Å². The van der Waals surface area contributed by atoms with Gasteiger partial charge in [0.25, 0.3) is 5.91 Å². The fourth-order valence-corrected chi connectivity index (χ4v) is 4.74. The van der Waals surface area contributed by atoms with E-state index in [1.54, 1.807) is 35.2 Å². The Labute approximate surface area is 184 Å². The third-order valence-corrected chi connectivity index (χ3v) is 6.80. The lowest BCUT2D eigenvalue weighted by Crippen LogP contribution is -2.37. The van der Waals surface area contributed by atoms with E-state index in [1.807, 2.05) is 19.0 Å². The number of hydrogen-bond acceptors (Lipinski definition) is 7. The zero-order chi connectivity index (χ0) is 22.1. The number of sulfone groups is 1. The molecule has 10 heteroatoms. The van der Waals surface area contributed by atoms with Crippen LogP contribution in [0.2, 0.25) is 5.02 Å². The van der Waals surface area contributed by atoms with E-state index < -0.39 is 9.84 Å². The molecular formula is C20H22ClN3O4S2. The zero-order valence-electron chi connectivity index (χ0n) is 17.0. The number of anilines is 1. The van der Waals surface area contributed by atoms with Crippen molar-refractivity contribution in [3.8, 4) is 5.75 Å². The van der Waals surface area contributed by atoms with Gasteiger partial charge in [0.1, 0.15) is 5.75 Å². The van der Waals surface area contributed by atoms with Gasteiger partial charge in [-0.15, -0.1) is 0 Å². The van der Waals surface area contributed by atoms with Gasteiger partial charge in [0.2, 0.25) is 0 Å². The van der Waals surface area contributed by atoms with E-state index in [9.17, 15) is 13.2 Å². The minimum Gasteiger partial charge on any atom is -0.496 e. The Bertz CT molecular complexity index is 1190. The van der Waals surface area contributed by atoms with Crippen LogP contribution in [0.15, 0.2) is 41.3 Å². The van der Waals surface area contributed by atoms with E-state index in [2.05, 4.69) is 4.98 Å². The molecule has 0 bridgehead atoms. The van der Waals surface area contributed by atoms with Gasteiger partial charge in [-0.25, -0.2) is 13.4 Å². The standard InChI is InChI=1S/C20H22ClN3O4S2/c1-23(2)9-10-24(19(25)15-11-13(21)5-8-17(15)28-3)20-22-16-7-6-14(30(4,26)27)12-18(16)29-20/h5-8,11-12H,9-10H2,1-4H3. The lowest BCUT2D eigenvalue weighted by atomic mass is 10.1. The lowest BCUT2D eigenvalue weighted by molar-refractivity contribution is 0.0982. The second-order valence-corrected chi connectivity index (χ2v) is 10.5. The van der Waals surface area contributed by atoms with Crippen LogP contribution in [0.3, 0.4) is 0 Å². The zero-order valence-corrected chi connectivity index (χ0v) is 19.4. The van der Waals surface area contributed by atoms with E-state index >= 15 is 0 Å². The van der Waals surface area contributed by atoms with Crippen molar-refractivity contribution in [2.45, 2.75) is 4.90 Å². The molecule has 1 amide bonds. The van der Waals surface area contributed by atoms with Crippen LogP contribution in [-0.2, 0) is 9.84 Å². The number of methoxy groups -OCH3 is 1. The highest BCUT2D eigenvalue weighted by atomic mass is 35.5. The molecule has 0 aliphatic carbocycles. The summed E-state index contributed by atoms with van der Waals surface area (Å²) in [5, 5.41) is 0.901. The molecule has 2 aromatic carbocycles. The highest BCUT2D eigenvalue weighted by Crippen LogP contribution is 2.33. The summed E-state index contributed by atoms with van der Waals surface area (Å²) in [6.45, 7) is 0.999. The van der Waals surface area contributed by atoms with Crippen LogP contribution < -0.4 is 9.64 Å². The Hall–Kier alpha value is -2.20. The molecule has 3 aromatic rings. The van der Waals surface area contributed by atoms with Crippen molar-refractivity contribution in [1.82, 2.24) is 9.88 Å². The predicted molar refractivity (Wildman–Crippen MR) is 121 cm³/mol. The molecule has 0 saturated carbocycles. The summed E-state index contributed by atoms with van der Waals surface area (Å²) in [5.74, 6) is 0.123. The summed E-state index contributed by atoms with van der Waals surface area (Å²) in [4.78, 5) is 21.8. The topological polar surface area (TPSA) is 79.8 Å². The number of fused-ring (bicyclic) bond motifs is 1. The van der Waals surface area contributed by atoms with Gasteiger partial charge in [0.05, 0.1) is 27.8 Å². The number of carbonyl (C=O) groups is 1. The molecule has 7 nitrogen and oxygen atoms in total. The van der Waals surface area contributed by atoms with Gasteiger partial charge >= 0.3 is 0 Å². The second-order valence-electron chi connectivity index (χ2n) is 7.00. The van der Waals surface area contributed by atoms with E-state index in [1.165, 1.54) is 24.5 Å². The van der Waals surface area contributed by atoms with Gasteiger partial charge < -0.3 is 9.64 Å². The van der Waals surface area contributed by atoms with Gasteiger partial charge in [-0.3, -0.25) is 9.69 Å². The molecule has 0 fully saturated rings. The first kappa shape index (κ1) is 22.5. The Kier molecular flexibility index (Phi) is 6.66. The minimum absolute atomic E-state index is 0.216. The monoisotopic (exact) mass is 467 g/mol. The van der Waals surface area contributed by atoms with Crippen molar-refractivity contribution >= 4 is 54.0 Å². The second kappa shape index (κ2) is 8.89. The van der Waals surface area contributed by atoms with Gasteiger partial charge in [-0.1, -0.05) is 22.9 Å². The van der Waals surface area contributed by atoms with E-state index in [4.69, 9.17) is 16.3 Å². The maximum absolute atomic E-state index is 13.4. The van der Waals surface area contributed by atoms with Gasteiger partial charge in [0, 0.05) is 24.4 Å². The molecule has 0 radical (unpaired) electrons. The smallest absolute Gasteiger partial charge is 0.263 e. The predicted octanol–water partition coefficient (Wildman–Crippen LogP) is 3.57. The van der Waals surface area contributed by atoms with Gasteiger partial charge in [0.15, 0.2) is 15.0 Å². The Morgan fingerprint density at radius 2 is 1.90 bits per heavy atom. The molecule has 30 heavy (non-hydrogen) atoms. The molecule has 0 N–H and O–H groups in total. The van der Waals surface area contributed by atoms with Crippen molar-refractivity contribution in [2.75, 3.05) is 45.5 Å². The van der Waals surface area contributed by atoms with Crippen LogP contribution in [0.1, 0.15) is 10.4 Å². The summed E-state index contributed by atoms with van der Waals surface area (Å²) in [6, 6.07) is 9.64. The number of likely N-dealkylation sites (N-methyl/N-ethyl adjacent to an activating group) is 1. The van der Waals surface area contributed by atoms with Crippen LogP contribution >= 0.6 is 22.9 Å². The summed E-state index contributed by atoms with van der Waals surface area (Å²) in [6.07, 6.45) is 1.16. The van der Waals surface area contributed by atoms with E-state index in [0.29, 0.717) is 44.8 Å². The highest BCUT2D eigenvalue weighted by molar-refractivity contribution is 7.90. The molecule has 0 spiro atoms. The van der Waals surface area contributed by atoms with Crippen molar-refractivity contribution in [3.05, 3.63) is 47.0 Å². The third kappa shape index (κ3) is 4.92. The van der Waals surface area contributed by atoms with Crippen LogP contribution in [0.25, 0.3) is 10.2 Å². The number of aromatic nitrogens is 1. The number of carbonyl (C=O) groups excluding carboxylic acids is 1. The molecule has 1 aromatic heterocycles. The number of halogens is 1. The van der Waals surface area contributed by atoms with E-state index in [-0.39, 0.29) is 10.8 Å². The molecule has 1 heterocycles. The maximum Gasteiger partial charge on any atom is 0.263 e. The van der Waals surface area contributed by atoms with Crippen LogP contribution in [0.5, 0.6) is 5.75 Å². The maximum atomic E-state index is 13.4. The molecule has 0 saturated heterocycles. The fraction of sp³-hybridized carbons (Fsp3) is 0.300. The highest BCUT2D eigenvalue weighted by Gasteiger charge is 2.25. The van der Waals surface area contributed by atoms with Crippen molar-refractivity contribution in [2.24, 2.45) is 0 Å². The van der Waals surface area contributed by atoms with Crippen LogP contribution in [-0.4, -0.2) is 64.8 Å². The molecule has 0 aliphatic rings. The average Bonchev–Trinajstić information content (AvgIpc) is 3.09. The molecule has 3 rings (SSSR count). The first-order chi connectivity index (χ1) is 14.1. The number of amides is 1. The minimum atomic E-state index is -3.34. The number of thiazole rings is 1. The van der Waals surface area contributed by atoms with Crippen LogP contribution in [0, 0.1) is 0 Å². The van der Waals surface area contributed by atoms with Gasteiger partial charge in [-0.2, -0.15) is 0 Å². The fourth-order valence-electron chi connectivity index (χ4n) is 2.82. The number of rotatable bonds is 7. The third-order valence-electron chi connectivity index (χ3n) is 4.42. The molecule has 0 aliphatic heterocycles. The summed E-state index contributed by atoms with van der Waals surface area (Å²) >= 11 is 7.38. The molecule has 160 valence electrons. The van der Waals surface area contributed by atoms with Crippen molar-refractivity contribution in [3.63, 3.8) is 0 Å². The molecule has 0 atom stereocenters. The van der Waals surface area contributed by atoms with Gasteiger partial charge in [-0.05, 0) is 50.5 Å². The normalized spacial score (nSPS) is 11.8. The first-order valence-corrected chi connectivity index (χ1v) is 12.1. The number of benzene rings is 2. The lowest BCUT2D eigenvalue weighted by Gasteiger charge is -2.23. The number of ether oxygens (including phenoxy) is 1. The average molecular weight is 468 g/mol. The SMILES string of the molecule is COc1ccc(Cl)cc1C(=O)N(CCN(C)C)c1nc2ccc(S(C)(=O)=O)cc2s1. The van der Waals surface area contributed by atoms with Crippen LogP contribution in [0.4, 0.5) is 5.13 Å². The Morgan fingerprint density at radius 1 is 1.17 bits per heavy atom. The number of nitrogens with zero attached hydrogens (tertiary/aromatic N) is 3. The molecule has 0 unspecified atom stereocenters.